The fourth-order valence-corrected chi connectivity index (χ4v) is 2.29. The van der Waals surface area contributed by atoms with Crippen molar-refractivity contribution in [3.8, 4) is 0 Å². The molecule has 0 aromatic heterocycles. The van der Waals surface area contributed by atoms with E-state index >= 15 is 0 Å². The van der Waals surface area contributed by atoms with Crippen LogP contribution in [0, 0.1) is 0 Å². The number of carboxylic acid groups (broad SMARTS) is 1. The maximum atomic E-state index is 10.9. The van der Waals surface area contributed by atoms with Gasteiger partial charge in [0.2, 0.25) is 0 Å². The zero-order valence-corrected chi connectivity index (χ0v) is 8.47. The van der Waals surface area contributed by atoms with Crippen molar-refractivity contribution in [2.45, 2.75) is 44.1 Å². The number of epoxide rings is 1. The van der Waals surface area contributed by atoms with E-state index < -0.39 is 11.8 Å². The molecule has 0 bridgehead atoms. The molecule has 5 heteroatoms. The first-order valence-electron chi connectivity index (χ1n) is 4.94. The molecule has 1 N–H and O–H groups in total. The van der Waals surface area contributed by atoms with E-state index in [1.807, 2.05) is 13.8 Å². The van der Waals surface area contributed by atoms with Crippen molar-refractivity contribution in [2.75, 3.05) is 0 Å². The second-order valence-electron chi connectivity index (χ2n) is 4.51. The normalized spacial score (nSPS) is 45.3. The van der Waals surface area contributed by atoms with Crippen LogP contribution in [0.5, 0.6) is 0 Å². The van der Waals surface area contributed by atoms with Gasteiger partial charge in [-0.05, 0) is 19.9 Å². The van der Waals surface area contributed by atoms with Crippen LogP contribution >= 0.6 is 0 Å². The Hall–Kier alpha value is -0.910. The number of ether oxygens (including phenoxy) is 3. The summed E-state index contributed by atoms with van der Waals surface area (Å²) in [4.78, 5) is 10.9. The summed E-state index contributed by atoms with van der Waals surface area (Å²) in [5.41, 5.74) is 0.294. The van der Waals surface area contributed by atoms with Crippen LogP contribution in [0.3, 0.4) is 0 Å². The first-order valence-corrected chi connectivity index (χ1v) is 4.94. The topological polar surface area (TPSA) is 68.3 Å². The molecule has 0 aromatic carbocycles. The van der Waals surface area contributed by atoms with Gasteiger partial charge in [-0.3, -0.25) is 0 Å². The number of aliphatic carboxylic acids is 1. The molecule has 0 radical (unpaired) electrons. The van der Waals surface area contributed by atoms with Crippen LogP contribution < -0.4 is 0 Å². The minimum absolute atomic E-state index is 0.145. The second kappa shape index (κ2) is 2.61. The van der Waals surface area contributed by atoms with Crippen LogP contribution in [-0.4, -0.2) is 41.3 Å². The molecule has 4 atom stereocenters. The fourth-order valence-electron chi connectivity index (χ4n) is 2.29. The van der Waals surface area contributed by atoms with E-state index in [9.17, 15) is 4.79 Å². The molecule has 3 rings (SSSR count). The SMILES string of the molecule is CC1(C)O[C@@H]2[C@H]3O[C@H]3C(C(=O)O)=C[C@@H]2O1. The molecule has 5 nitrogen and oxygen atoms in total. The summed E-state index contributed by atoms with van der Waals surface area (Å²) in [6, 6.07) is 0. The molecule has 0 unspecified atom stereocenters. The van der Waals surface area contributed by atoms with Gasteiger partial charge in [0.05, 0.1) is 5.57 Å². The van der Waals surface area contributed by atoms with Crippen molar-refractivity contribution < 1.29 is 24.1 Å². The third kappa shape index (κ3) is 1.31. The summed E-state index contributed by atoms with van der Waals surface area (Å²) in [6.45, 7) is 3.63. The predicted octanol–water partition coefficient (Wildman–Crippen LogP) is 0.298. The Morgan fingerprint density at radius 3 is 2.80 bits per heavy atom. The van der Waals surface area contributed by atoms with E-state index in [4.69, 9.17) is 19.3 Å². The molecule has 2 heterocycles. The maximum absolute atomic E-state index is 10.9. The van der Waals surface area contributed by atoms with Crippen molar-refractivity contribution in [1.82, 2.24) is 0 Å². The Morgan fingerprint density at radius 1 is 1.40 bits per heavy atom. The zero-order valence-electron chi connectivity index (χ0n) is 8.47. The largest absolute Gasteiger partial charge is 0.478 e. The Kier molecular flexibility index (Phi) is 1.62. The summed E-state index contributed by atoms with van der Waals surface area (Å²) in [5.74, 6) is -1.59. The minimum atomic E-state index is -0.936. The molecule has 15 heavy (non-hydrogen) atoms. The third-order valence-electron chi connectivity index (χ3n) is 2.91. The zero-order chi connectivity index (χ0) is 10.8. The van der Waals surface area contributed by atoms with Crippen molar-refractivity contribution in [3.05, 3.63) is 11.6 Å². The van der Waals surface area contributed by atoms with Gasteiger partial charge in [-0.25, -0.2) is 4.79 Å². The van der Waals surface area contributed by atoms with Crippen molar-refractivity contribution in [1.29, 1.82) is 0 Å². The molecule has 2 aliphatic heterocycles. The van der Waals surface area contributed by atoms with E-state index in [1.165, 1.54) is 0 Å². The molecule has 0 saturated carbocycles. The van der Waals surface area contributed by atoms with Gasteiger partial charge < -0.3 is 19.3 Å². The summed E-state index contributed by atoms with van der Waals surface area (Å²) in [7, 11) is 0. The van der Waals surface area contributed by atoms with Crippen molar-refractivity contribution in [3.63, 3.8) is 0 Å². The van der Waals surface area contributed by atoms with E-state index in [-0.39, 0.29) is 24.4 Å². The van der Waals surface area contributed by atoms with Gasteiger partial charge in [-0.2, -0.15) is 0 Å². The Labute approximate surface area is 86.6 Å². The predicted molar refractivity (Wildman–Crippen MR) is 48.2 cm³/mol. The number of carboxylic acids is 1. The maximum Gasteiger partial charge on any atom is 0.334 e. The lowest BCUT2D eigenvalue weighted by molar-refractivity contribution is -0.144. The summed E-state index contributed by atoms with van der Waals surface area (Å²) in [5, 5.41) is 8.94. The smallest absolute Gasteiger partial charge is 0.334 e. The molecule has 2 fully saturated rings. The highest BCUT2D eigenvalue weighted by molar-refractivity contribution is 5.89. The average Bonchev–Trinajstić information content (AvgIpc) is 2.82. The molecule has 0 amide bonds. The number of rotatable bonds is 1. The van der Waals surface area contributed by atoms with E-state index in [0.717, 1.165) is 0 Å². The first kappa shape index (κ1) is 9.33. The first-order chi connectivity index (χ1) is 6.98. The quantitative estimate of drug-likeness (QED) is 0.633. The fraction of sp³-hybridized carbons (Fsp3) is 0.700. The highest BCUT2D eigenvalue weighted by atomic mass is 16.8. The summed E-state index contributed by atoms with van der Waals surface area (Å²) in [6.07, 6.45) is 0.702. The van der Waals surface area contributed by atoms with Gasteiger partial charge in [0.15, 0.2) is 5.79 Å². The average molecular weight is 212 g/mol. The van der Waals surface area contributed by atoms with Crippen LogP contribution in [0.15, 0.2) is 11.6 Å². The lowest BCUT2D eigenvalue weighted by Crippen LogP contribution is -2.33. The molecular weight excluding hydrogens is 200 g/mol. The van der Waals surface area contributed by atoms with Crippen LogP contribution in [0.4, 0.5) is 0 Å². The van der Waals surface area contributed by atoms with Crippen molar-refractivity contribution >= 4 is 5.97 Å². The van der Waals surface area contributed by atoms with E-state index in [0.29, 0.717) is 5.57 Å². The Morgan fingerprint density at radius 2 is 2.13 bits per heavy atom. The highest BCUT2D eigenvalue weighted by Crippen LogP contribution is 2.45. The molecule has 2 saturated heterocycles. The van der Waals surface area contributed by atoms with Gasteiger partial charge in [-0.1, -0.05) is 0 Å². The van der Waals surface area contributed by atoms with Gasteiger partial charge >= 0.3 is 5.97 Å². The lowest BCUT2D eigenvalue weighted by Gasteiger charge is -2.15. The Balaban J connectivity index is 1.92. The van der Waals surface area contributed by atoms with Crippen LogP contribution in [-0.2, 0) is 19.0 Å². The van der Waals surface area contributed by atoms with Crippen LogP contribution in [0.1, 0.15) is 13.8 Å². The van der Waals surface area contributed by atoms with Crippen molar-refractivity contribution in [2.24, 2.45) is 0 Å². The van der Waals surface area contributed by atoms with Crippen LogP contribution in [0.2, 0.25) is 0 Å². The number of hydrogen-bond donors (Lipinski definition) is 1. The molecule has 3 aliphatic rings. The summed E-state index contributed by atoms with van der Waals surface area (Å²) >= 11 is 0. The monoisotopic (exact) mass is 212 g/mol. The second-order valence-corrected chi connectivity index (χ2v) is 4.51. The Bertz CT molecular complexity index is 359. The highest BCUT2D eigenvalue weighted by Gasteiger charge is 2.60. The standard InChI is InChI=1S/C10H12O5/c1-10(2)14-5-3-4(9(11)12)6-8(13-6)7(5)15-10/h3,5-8H,1-2H3,(H,11,12)/t5-,6-,7-,8-/m0/s1. The van der Waals surface area contributed by atoms with Gasteiger partial charge in [0.25, 0.3) is 0 Å². The number of fused-ring (bicyclic) bond motifs is 3. The lowest BCUT2D eigenvalue weighted by atomic mass is 9.95. The molecule has 0 aromatic rings. The third-order valence-corrected chi connectivity index (χ3v) is 2.91. The van der Waals surface area contributed by atoms with Gasteiger partial charge in [0, 0.05) is 0 Å². The van der Waals surface area contributed by atoms with E-state index in [1.54, 1.807) is 6.08 Å². The van der Waals surface area contributed by atoms with Crippen LogP contribution in [0.25, 0.3) is 0 Å². The molecule has 82 valence electrons. The minimum Gasteiger partial charge on any atom is -0.478 e. The van der Waals surface area contributed by atoms with Gasteiger partial charge in [0.1, 0.15) is 24.4 Å². The molecular formula is C10H12O5. The number of carbonyl (C=O) groups is 1. The van der Waals surface area contributed by atoms with Gasteiger partial charge in [-0.15, -0.1) is 0 Å². The summed E-state index contributed by atoms with van der Waals surface area (Å²) < 4.78 is 16.5. The molecule has 0 spiro atoms. The van der Waals surface area contributed by atoms with E-state index in [2.05, 4.69) is 0 Å². The molecule has 1 aliphatic carbocycles. The number of hydrogen-bond acceptors (Lipinski definition) is 4.